The zero-order chi connectivity index (χ0) is 17.9. The van der Waals surface area contributed by atoms with Crippen LogP contribution in [-0.2, 0) is 16.0 Å². The fourth-order valence-corrected chi connectivity index (χ4v) is 2.84. The van der Waals surface area contributed by atoms with E-state index in [1.165, 1.54) is 0 Å². The van der Waals surface area contributed by atoms with E-state index < -0.39 is 0 Å². The Morgan fingerprint density at radius 3 is 3.00 bits per heavy atom. The highest BCUT2D eigenvalue weighted by atomic mass is 35.5. The molecular formula is C19H29ClN2O4. The number of carbonyl (C=O) groups is 1. The molecule has 0 radical (unpaired) electrons. The Hall–Kier alpha value is -1.95. The molecule has 0 aliphatic carbocycles. The summed E-state index contributed by atoms with van der Waals surface area (Å²) in [4.78, 5) is 11.6. The lowest BCUT2D eigenvalue weighted by atomic mass is 10.0. The number of hydrogen-bond acceptors (Lipinski definition) is 6. The van der Waals surface area contributed by atoms with Crippen LogP contribution in [0.3, 0.4) is 0 Å². The maximum atomic E-state index is 11.6. The summed E-state index contributed by atoms with van der Waals surface area (Å²) in [5.41, 5.74) is 1.14. The molecule has 0 amide bonds. The predicted molar refractivity (Wildman–Crippen MR) is 104 cm³/mol. The molecule has 1 unspecified atom stereocenters. The first-order valence-electron chi connectivity index (χ1n) is 9.02. The van der Waals surface area contributed by atoms with Gasteiger partial charge in [0, 0.05) is 6.21 Å². The molecule has 2 rings (SSSR count). The van der Waals surface area contributed by atoms with Gasteiger partial charge in [0.1, 0.15) is 17.6 Å². The minimum Gasteiger partial charge on any atom is -0.494 e. The van der Waals surface area contributed by atoms with Crippen molar-refractivity contribution in [2.24, 2.45) is 10.9 Å². The van der Waals surface area contributed by atoms with Crippen molar-refractivity contribution in [1.29, 1.82) is 0 Å². The zero-order valence-electron chi connectivity index (χ0n) is 15.3. The third-order valence-corrected chi connectivity index (χ3v) is 4.11. The first-order chi connectivity index (χ1) is 12.2. The average Bonchev–Trinajstić information content (AvgIpc) is 2.61. The molecule has 1 aliphatic heterocycles. The number of benzene rings is 1. The average molecular weight is 385 g/mol. The lowest BCUT2D eigenvalue weighted by Crippen LogP contribution is -2.26. The third-order valence-electron chi connectivity index (χ3n) is 4.11. The summed E-state index contributed by atoms with van der Waals surface area (Å²) in [5.74, 6) is 6.57. The maximum absolute atomic E-state index is 11.6. The number of halogens is 1. The van der Waals surface area contributed by atoms with E-state index in [9.17, 15) is 4.79 Å². The fourth-order valence-electron chi connectivity index (χ4n) is 2.84. The smallest absolute Gasteiger partial charge is 0.309 e. The van der Waals surface area contributed by atoms with Crippen LogP contribution in [0.1, 0.15) is 51.0 Å². The number of nitrogens with two attached hydrogens (primary N) is 1. The minimum absolute atomic E-state index is 0. The van der Waals surface area contributed by atoms with Crippen LogP contribution >= 0.6 is 12.4 Å². The minimum atomic E-state index is -0.200. The van der Waals surface area contributed by atoms with E-state index in [0.29, 0.717) is 19.6 Å². The van der Waals surface area contributed by atoms with Crippen LogP contribution in [0.2, 0.25) is 0 Å². The molecular weight excluding hydrogens is 356 g/mol. The first-order valence-corrected chi connectivity index (χ1v) is 9.02. The van der Waals surface area contributed by atoms with Crippen LogP contribution in [0.4, 0.5) is 0 Å². The molecule has 26 heavy (non-hydrogen) atoms. The molecule has 7 heteroatoms. The molecule has 146 valence electrons. The molecule has 1 aromatic rings. The van der Waals surface area contributed by atoms with Gasteiger partial charge in [-0.2, -0.15) is 5.10 Å². The Balaban J connectivity index is 0.00000338. The van der Waals surface area contributed by atoms with Crippen LogP contribution in [0.15, 0.2) is 23.3 Å². The molecule has 1 aromatic carbocycles. The van der Waals surface area contributed by atoms with Crippen LogP contribution in [0, 0.1) is 0 Å². The largest absolute Gasteiger partial charge is 0.494 e. The van der Waals surface area contributed by atoms with Gasteiger partial charge in [0.15, 0.2) is 0 Å². The number of hydrazone groups is 1. The fraction of sp³-hybridized carbons (Fsp3) is 0.579. The topological polar surface area (TPSA) is 83.1 Å². The van der Waals surface area contributed by atoms with Gasteiger partial charge in [-0.25, -0.2) is 0 Å². The van der Waals surface area contributed by atoms with Gasteiger partial charge < -0.3 is 20.1 Å². The molecule has 0 fully saturated rings. The lowest BCUT2D eigenvalue weighted by Gasteiger charge is -2.26. The first kappa shape index (κ1) is 22.1. The molecule has 1 atom stereocenters. The second-order valence-electron chi connectivity index (χ2n) is 6.09. The van der Waals surface area contributed by atoms with Gasteiger partial charge in [-0.15, -0.1) is 12.4 Å². The Morgan fingerprint density at radius 2 is 2.23 bits per heavy atom. The molecule has 0 saturated heterocycles. The second-order valence-corrected chi connectivity index (χ2v) is 6.09. The Labute approximate surface area is 161 Å². The van der Waals surface area contributed by atoms with Crippen molar-refractivity contribution in [2.45, 2.75) is 58.0 Å². The number of esters is 1. The summed E-state index contributed by atoms with van der Waals surface area (Å²) in [7, 11) is 0. The van der Waals surface area contributed by atoms with Crippen molar-refractivity contribution < 1.29 is 19.0 Å². The summed E-state index contributed by atoms with van der Waals surface area (Å²) in [6.07, 6.45) is 7.73. The van der Waals surface area contributed by atoms with Crippen LogP contribution in [-0.4, -0.2) is 31.5 Å². The van der Waals surface area contributed by atoms with E-state index in [0.717, 1.165) is 55.6 Å². The van der Waals surface area contributed by atoms with E-state index in [1.54, 1.807) is 6.21 Å². The predicted octanol–water partition coefficient (Wildman–Crippen LogP) is 3.64. The quantitative estimate of drug-likeness (QED) is 0.219. The summed E-state index contributed by atoms with van der Waals surface area (Å²) < 4.78 is 16.7. The van der Waals surface area contributed by atoms with Crippen molar-refractivity contribution in [1.82, 2.24) is 0 Å². The molecule has 0 aromatic heterocycles. The van der Waals surface area contributed by atoms with E-state index in [1.807, 2.05) is 25.1 Å². The highest BCUT2D eigenvalue weighted by molar-refractivity contribution is 5.85. The molecule has 6 nitrogen and oxygen atoms in total. The molecule has 1 heterocycles. The van der Waals surface area contributed by atoms with Crippen molar-refractivity contribution in [2.75, 3.05) is 13.2 Å². The molecule has 0 spiro atoms. The molecule has 1 aliphatic rings. The number of unbranched alkanes of at least 4 members (excludes halogenated alkanes) is 3. The molecule has 0 saturated carbocycles. The summed E-state index contributed by atoms with van der Waals surface area (Å²) >= 11 is 0. The van der Waals surface area contributed by atoms with Crippen molar-refractivity contribution in [3.8, 4) is 11.5 Å². The van der Waals surface area contributed by atoms with Crippen LogP contribution in [0.5, 0.6) is 11.5 Å². The number of ether oxygens (including phenoxy) is 3. The van der Waals surface area contributed by atoms with Gasteiger partial charge >= 0.3 is 5.97 Å². The molecule has 2 N–H and O–H groups in total. The number of carbonyl (C=O) groups excluding carboxylic acids is 1. The number of fused-ring (bicyclic) bond motifs is 1. The molecule has 0 bridgehead atoms. The van der Waals surface area contributed by atoms with E-state index in [-0.39, 0.29) is 24.5 Å². The number of hydrogen-bond donors (Lipinski definition) is 1. The normalized spacial score (nSPS) is 15.7. The van der Waals surface area contributed by atoms with E-state index >= 15 is 0 Å². The van der Waals surface area contributed by atoms with Crippen LogP contribution in [0.25, 0.3) is 0 Å². The van der Waals surface area contributed by atoms with Crippen molar-refractivity contribution >= 4 is 24.6 Å². The Bertz CT molecular complexity index is 581. The number of nitrogens with zero attached hydrogens (tertiary/aromatic N) is 1. The number of rotatable bonds is 10. The lowest BCUT2D eigenvalue weighted by molar-refractivity contribution is -0.145. The summed E-state index contributed by atoms with van der Waals surface area (Å²) in [5, 5.41) is 3.48. The van der Waals surface area contributed by atoms with Gasteiger partial charge in [-0.05, 0) is 69.2 Å². The Kier molecular flexibility index (Phi) is 10.5. The SMILES string of the molecule is CCOC(=O)CC1CCc2cc(OCCCCCC=NN)ccc2O1.Cl. The van der Waals surface area contributed by atoms with Crippen molar-refractivity contribution in [3.05, 3.63) is 23.8 Å². The number of aryl methyl sites for hydroxylation is 1. The van der Waals surface area contributed by atoms with Gasteiger partial charge in [-0.1, -0.05) is 0 Å². The van der Waals surface area contributed by atoms with Gasteiger partial charge in [0.25, 0.3) is 0 Å². The summed E-state index contributed by atoms with van der Waals surface area (Å²) in [6.45, 7) is 2.92. The van der Waals surface area contributed by atoms with Gasteiger partial charge in [0.2, 0.25) is 0 Å². The summed E-state index contributed by atoms with van der Waals surface area (Å²) in [6, 6.07) is 5.89. The highest BCUT2D eigenvalue weighted by Gasteiger charge is 2.23. The maximum Gasteiger partial charge on any atom is 0.309 e. The van der Waals surface area contributed by atoms with Crippen LogP contribution < -0.4 is 15.3 Å². The standard InChI is InChI=1S/C19H28N2O4.ClH/c1-2-23-19(22)14-17-8-7-15-13-16(9-10-18(15)25-17)24-12-6-4-3-5-11-21-20;/h9-11,13,17H,2-8,12,14,20H2,1H3;1H. The van der Waals surface area contributed by atoms with Gasteiger partial charge in [-0.3, -0.25) is 4.79 Å². The Morgan fingerprint density at radius 1 is 1.38 bits per heavy atom. The van der Waals surface area contributed by atoms with E-state index in [2.05, 4.69) is 5.10 Å². The highest BCUT2D eigenvalue weighted by Crippen LogP contribution is 2.32. The zero-order valence-corrected chi connectivity index (χ0v) is 16.1. The van der Waals surface area contributed by atoms with E-state index in [4.69, 9.17) is 20.1 Å². The van der Waals surface area contributed by atoms with Crippen molar-refractivity contribution in [3.63, 3.8) is 0 Å². The monoisotopic (exact) mass is 384 g/mol. The van der Waals surface area contributed by atoms with Gasteiger partial charge in [0.05, 0.1) is 19.6 Å². The second kappa shape index (κ2) is 12.4. The third kappa shape index (κ3) is 7.52.